The van der Waals surface area contributed by atoms with Gasteiger partial charge in [-0.2, -0.15) is 0 Å². The van der Waals surface area contributed by atoms with E-state index in [-0.39, 0.29) is 101 Å². The normalized spacial score (nSPS) is 15.2. The first-order chi connectivity index (χ1) is 48.6. The highest BCUT2D eigenvalue weighted by Gasteiger charge is 2.40. The number of halogens is 1. The number of carbonyl (C=O) groups excluding carboxylic acids is 12. The number of pyridine rings is 1. The van der Waals surface area contributed by atoms with Crippen LogP contribution in [0.15, 0.2) is 121 Å². The number of urea groups is 1. The van der Waals surface area contributed by atoms with Crippen molar-refractivity contribution in [3.05, 3.63) is 143 Å². The predicted octanol–water partition coefficient (Wildman–Crippen LogP) is -0.716. The second-order valence-corrected chi connectivity index (χ2v) is 25.8. The number of nitrogens with zero attached hydrogens (tertiary/aromatic N) is 3. The Bertz CT molecular complexity index is 3770. The number of primary amides is 2. The van der Waals surface area contributed by atoms with Gasteiger partial charge >= 0.3 is 6.03 Å². The van der Waals surface area contributed by atoms with Gasteiger partial charge in [0.25, 0.3) is 0 Å². The monoisotopic (exact) mass is 1430 g/mol. The molecule has 0 aliphatic carbocycles. The molecule has 10 atom stereocenters. The summed E-state index contributed by atoms with van der Waals surface area (Å²) in [6.45, 7) is 5.15. The molecular formula is C70H92ClN17O14. The number of aliphatic imine (C=N–C) groups is 1. The van der Waals surface area contributed by atoms with Gasteiger partial charge in [0.2, 0.25) is 65.0 Å². The molecule has 0 spiro atoms. The van der Waals surface area contributed by atoms with Crippen molar-refractivity contribution < 1.29 is 67.7 Å². The van der Waals surface area contributed by atoms with E-state index in [9.17, 15) is 67.7 Å². The Labute approximate surface area is 595 Å². The fourth-order valence-electron chi connectivity index (χ4n) is 11.4. The minimum atomic E-state index is -1.85. The van der Waals surface area contributed by atoms with E-state index in [1.54, 1.807) is 50.2 Å². The van der Waals surface area contributed by atoms with E-state index in [0.717, 1.165) is 10.8 Å². The molecule has 4 aromatic carbocycles. The number of likely N-dealkylation sites (tertiary alicyclic amines) is 1. The molecule has 31 nitrogen and oxygen atoms in total. The van der Waals surface area contributed by atoms with E-state index in [1.807, 2.05) is 42.5 Å². The smallest absolute Gasteiger partial charge is 0.312 e. The van der Waals surface area contributed by atoms with E-state index >= 15 is 0 Å². The number of carbonyl (C=O) groups is 12. The largest absolute Gasteiger partial charge is 0.508 e. The molecule has 32 heteroatoms. The second-order valence-electron chi connectivity index (χ2n) is 25.4. The third-order valence-electron chi connectivity index (χ3n) is 16.7. The van der Waals surface area contributed by atoms with Crippen LogP contribution < -0.4 is 76.1 Å². The number of aliphatic hydroxyl groups is 1. The number of phenols is 1. The standard InChI is InChI=1S/C70H92ClN17O14/c1-39(2)31-52(61(94)82-51(15-9-28-77-69(73)74)68(101)88-30-10-16-58(88)67(100)79-40(3)59(72)92)83-60(93)50(14-8-29-78-70(75)102)81-63(96)54(34-43-20-25-49(91)26-21-43)86-66(99)57(38-89)87-65(98)56(36-45-11-7-27-76-37-45)85-64(97)55(33-42-18-23-48(71)24-19-42)84-62(95)53(80-41(4)90)35-44-17-22-46-12-5-6-13-47(46)32-44/h5-7,11-13,17-27,32,37,39-40,50-58,89,91H,8-10,14-16,28-31,33-36,38H2,1-4H3,(H2,72,92)(H,79,100)(H,80,90)(H,81,96)(H,82,94)(H,83,93)(H,84,95)(H,85,97)(H,86,99)(H,87,98)(H4,73,74,77)(H3,75,78,102)/t40-,50-,51+,52+,53-,54-,55+,56-,57-,58+/m1/s1. The fourth-order valence-corrected chi connectivity index (χ4v) is 11.5. The Balaban J connectivity index is 1.26. The molecule has 0 saturated carbocycles. The van der Waals surface area contributed by atoms with Crippen molar-refractivity contribution in [3.63, 3.8) is 0 Å². The molecule has 102 heavy (non-hydrogen) atoms. The summed E-state index contributed by atoms with van der Waals surface area (Å²) in [5.41, 5.74) is 23.9. The Kier molecular flexibility index (Phi) is 31.2. The summed E-state index contributed by atoms with van der Waals surface area (Å²) in [5.74, 6) is -9.82. The molecule has 20 N–H and O–H groups in total. The lowest BCUT2D eigenvalue weighted by Gasteiger charge is -2.31. The molecule has 6 rings (SSSR count). The number of hydrogen-bond acceptors (Lipinski definition) is 16. The molecule has 2 heterocycles. The predicted molar refractivity (Wildman–Crippen MR) is 378 cm³/mol. The highest BCUT2D eigenvalue weighted by atomic mass is 35.5. The molecule has 1 aromatic heterocycles. The lowest BCUT2D eigenvalue weighted by molar-refractivity contribution is -0.142. The number of rotatable bonds is 38. The number of phenolic OH excluding ortho intramolecular Hbond substituents is 1. The van der Waals surface area contributed by atoms with Crippen LogP contribution in [0, 0.1) is 5.92 Å². The summed E-state index contributed by atoms with van der Waals surface area (Å²) in [4.78, 5) is 176. The number of nitrogens with two attached hydrogens (primary N) is 4. The first-order valence-corrected chi connectivity index (χ1v) is 33.8. The molecular weight excluding hydrogens is 1340 g/mol. The van der Waals surface area contributed by atoms with Crippen LogP contribution in [0.1, 0.15) is 94.9 Å². The first-order valence-electron chi connectivity index (χ1n) is 33.5. The average molecular weight is 1430 g/mol. The maximum Gasteiger partial charge on any atom is 0.312 e. The maximum atomic E-state index is 14.9. The van der Waals surface area contributed by atoms with Crippen molar-refractivity contribution in [2.75, 3.05) is 26.2 Å². The zero-order valence-corrected chi connectivity index (χ0v) is 58.0. The highest BCUT2D eigenvalue weighted by molar-refractivity contribution is 6.30. The Morgan fingerprint density at radius 1 is 0.569 bits per heavy atom. The molecule has 1 fully saturated rings. The highest BCUT2D eigenvalue weighted by Crippen LogP contribution is 2.22. The van der Waals surface area contributed by atoms with Gasteiger partial charge < -0.3 is 91.2 Å². The van der Waals surface area contributed by atoms with Gasteiger partial charge in [0.15, 0.2) is 5.96 Å². The van der Waals surface area contributed by atoms with E-state index in [0.29, 0.717) is 33.7 Å². The number of aromatic hydroxyl groups is 1. The minimum Gasteiger partial charge on any atom is -0.508 e. The van der Waals surface area contributed by atoms with Crippen molar-refractivity contribution in [2.45, 2.75) is 159 Å². The molecule has 1 aliphatic rings. The van der Waals surface area contributed by atoms with Crippen LogP contribution in [-0.4, -0.2) is 184 Å². The molecule has 13 amide bonds. The van der Waals surface area contributed by atoms with Crippen molar-refractivity contribution in [1.29, 1.82) is 0 Å². The summed E-state index contributed by atoms with van der Waals surface area (Å²) < 4.78 is 0. The van der Waals surface area contributed by atoms with Gasteiger partial charge in [0.05, 0.1) is 6.61 Å². The van der Waals surface area contributed by atoms with Crippen LogP contribution >= 0.6 is 11.6 Å². The van der Waals surface area contributed by atoms with Crippen LogP contribution in [0.5, 0.6) is 5.75 Å². The molecule has 548 valence electrons. The zero-order chi connectivity index (χ0) is 74.6. The average Bonchev–Trinajstić information content (AvgIpc) is 1.13. The topological polar surface area (TPSA) is 498 Å². The van der Waals surface area contributed by atoms with Crippen molar-refractivity contribution >= 4 is 99.3 Å². The number of hydrogen-bond donors (Lipinski definition) is 16. The van der Waals surface area contributed by atoms with Crippen LogP contribution in [-0.2, 0) is 78.4 Å². The van der Waals surface area contributed by atoms with Crippen LogP contribution in [0.25, 0.3) is 10.8 Å². The lowest BCUT2D eigenvalue weighted by Crippen LogP contribution is -2.61. The Hall–Kier alpha value is -10.9. The summed E-state index contributed by atoms with van der Waals surface area (Å²) in [5, 5.41) is 49.5. The zero-order valence-electron chi connectivity index (χ0n) is 57.2. The SMILES string of the molecule is CC(=O)N[C@H](Cc1ccc2ccccc2c1)C(=O)N[C@@H](Cc1ccc(Cl)cc1)C(=O)N[C@H](Cc1cccnc1)C(=O)N[C@H](CO)C(=O)N[C@H](Cc1ccc(O)cc1)C(=O)N[C@H](CCCNC(N)=O)C(=O)N[C@@H](CC(C)C)C(=O)N[C@@H](CCCN=C(N)N)C(=O)N1CCC[C@H]1C(=O)N[C@H](C)C(N)=O. The van der Waals surface area contributed by atoms with E-state index in [1.165, 1.54) is 55.4 Å². The summed E-state index contributed by atoms with van der Waals surface area (Å²) in [6.07, 6.45) is 2.70. The van der Waals surface area contributed by atoms with Gasteiger partial charge in [-0.05, 0) is 121 Å². The molecule has 5 aromatic rings. The van der Waals surface area contributed by atoms with Crippen LogP contribution in [0.4, 0.5) is 4.79 Å². The third kappa shape index (κ3) is 26.0. The number of guanidine groups is 1. The number of aromatic nitrogens is 1. The van der Waals surface area contributed by atoms with E-state index in [4.69, 9.17) is 34.5 Å². The quantitative estimate of drug-likeness (QED) is 0.0132. The van der Waals surface area contributed by atoms with Crippen molar-refractivity contribution in [2.24, 2.45) is 33.8 Å². The van der Waals surface area contributed by atoms with Crippen molar-refractivity contribution in [3.8, 4) is 5.75 Å². The summed E-state index contributed by atoms with van der Waals surface area (Å²) in [7, 11) is 0. The fraction of sp³-hybridized carbons (Fsp3) is 0.429. The minimum absolute atomic E-state index is 0.000209. The van der Waals surface area contributed by atoms with E-state index in [2.05, 4.69) is 63.1 Å². The third-order valence-corrected chi connectivity index (χ3v) is 16.9. The molecule has 1 aliphatic heterocycles. The van der Waals surface area contributed by atoms with Crippen LogP contribution in [0.2, 0.25) is 5.02 Å². The molecule has 1 saturated heterocycles. The van der Waals surface area contributed by atoms with Gasteiger partial charge in [-0.1, -0.05) is 98.2 Å². The molecule has 0 radical (unpaired) electrons. The Morgan fingerprint density at radius 3 is 1.63 bits per heavy atom. The Morgan fingerprint density at radius 2 is 1.07 bits per heavy atom. The maximum absolute atomic E-state index is 14.9. The second kappa shape index (κ2) is 39.7. The summed E-state index contributed by atoms with van der Waals surface area (Å²) in [6, 6.07) is 13.5. The number of aliphatic hydroxyl groups excluding tert-OH is 1. The van der Waals surface area contributed by atoms with Crippen molar-refractivity contribution in [1.82, 2.24) is 63.1 Å². The van der Waals surface area contributed by atoms with Gasteiger partial charge in [-0.3, -0.25) is 62.7 Å². The number of benzene rings is 4. The van der Waals surface area contributed by atoms with Gasteiger partial charge in [0, 0.05) is 69.7 Å². The first kappa shape index (κ1) is 80.0. The van der Waals surface area contributed by atoms with Gasteiger partial charge in [-0.25, -0.2) is 4.79 Å². The molecule has 0 unspecified atom stereocenters. The van der Waals surface area contributed by atoms with Gasteiger partial charge in [-0.15, -0.1) is 0 Å². The molecule has 0 bridgehead atoms. The van der Waals surface area contributed by atoms with E-state index < -0.39 is 138 Å². The number of fused-ring (bicyclic) bond motifs is 1. The lowest BCUT2D eigenvalue weighted by atomic mass is 9.99. The summed E-state index contributed by atoms with van der Waals surface area (Å²) >= 11 is 6.23. The number of amides is 13. The number of nitrogens with one attached hydrogen (secondary N) is 10. The van der Waals surface area contributed by atoms with Gasteiger partial charge in [0.1, 0.15) is 66.2 Å². The van der Waals surface area contributed by atoms with Crippen LogP contribution in [0.3, 0.4) is 0 Å².